The number of amides is 1. The number of hydrogen-bond donors (Lipinski definition) is 2. The van der Waals surface area contributed by atoms with Gasteiger partial charge in [0.05, 0.1) is 0 Å². The van der Waals surface area contributed by atoms with E-state index < -0.39 is 0 Å². The van der Waals surface area contributed by atoms with Gasteiger partial charge in [-0.25, -0.2) is 0 Å². The number of nitrogens with zero attached hydrogens (tertiary/aromatic N) is 1. The molecule has 15 heavy (non-hydrogen) atoms. The molecule has 1 saturated heterocycles. The average Bonchev–Trinajstić information content (AvgIpc) is 2.10. The van der Waals surface area contributed by atoms with E-state index in [2.05, 4.69) is 12.2 Å². The van der Waals surface area contributed by atoms with Gasteiger partial charge in [0.15, 0.2) is 0 Å². The largest absolute Gasteiger partial charge is 0.353 e. The fourth-order valence-electron chi connectivity index (χ4n) is 2.37. The average molecular weight is 214 g/mol. The first kappa shape index (κ1) is 12.5. The van der Waals surface area contributed by atoms with E-state index in [4.69, 9.17) is 0 Å². The van der Waals surface area contributed by atoms with Crippen molar-refractivity contribution < 1.29 is 10.0 Å². The molecule has 1 fully saturated rings. The molecule has 3 unspecified atom stereocenters. The van der Waals surface area contributed by atoms with Crippen molar-refractivity contribution >= 4 is 5.91 Å². The summed E-state index contributed by atoms with van der Waals surface area (Å²) in [7, 11) is 0. The third-order valence-electron chi connectivity index (χ3n) is 3.51. The van der Waals surface area contributed by atoms with Crippen LogP contribution in [0.1, 0.15) is 41.0 Å². The van der Waals surface area contributed by atoms with Gasteiger partial charge in [-0.1, -0.05) is 6.92 Å². The van der Waals surface area contributed by atoms with Gasteiger partial charge in [-0.3, -0.25) is 4.79 Å². The van der Waals surface area contributed by atoms with Crippen molar-refractivity contribution in [1.82, 2.24) is 10.4 Å². The number of nitrogens with one attached hydrogen (secondary N) is 1. The smallest absolute Gasteiger partial charge is 0.217 e. The Morgan fingerprint density at radius 2 is 2.00 bits per heavy atom. The second-order valence-electron chi connectivity index (χ2n) is 5.27. The van der Waals surface area contributed by atoms with Crippen molar-refractivity contribution in [2.24, 2.45) is 5.92 Å². The van der Waals surface area contributed by atoms with E-state index in [1.165, 1.54) is 12.0 Å². The molecule has 0 aromatic carbocycles. The molecular formula is C11H22N2O2. The normalized spacial score (nSPS) is 36.3. The molecular weight excluding hydrogens is 192 g/mol. The maximum absolute atomic E-state index is 11.1. The maximum Gasteiger partial charge on any atom is 0.217 e. The third-order valence-corrected chi connectivity index (χ3v) is 3.51. The molecule has 2 N–H and O–H groups in total. The maximum atomic E-state index is 11.1. The Kier molecular flexibility index (Phi) is 3.41. The molecule has 1 rings (SSSR count). The number of hydroxylamine groups is 2. The zero-order chi connectivity index (χ0) is 11.8. The zero-order valence-electron chi connectivity index (χ0n) is 10.2. The van der Waals surface area contributed by atoms with E-state index in [9.17, 15) is 10.0 Å². The molecule has 1 amide bonds. The minimum Gasteiger partial charge on any atom is -0.353 e. The molecule has 0 saturated carbocycles. The van der Waals surface area contributed by atoms with E-state index in [1.54, 1.807) is 0 Å². The quantitative estimate of drug-likeness (QED) is 0.693. The lowest BCUT2D eigenvalue weighted by Gasteiger charge is -2.49. The monoisotopic (exact) mass is 214 g/mol. The Morgan fingerprint density at radius 1 is 1.47 bits per heavy atom. The predicted molar refractivity (Wildman–Crippen MR) is 58.6 cm³/mol. The molecule has 88 valence electrons. The van der Waals surface area contributed by atoms with Crippen molar-refractivity contribution in [1.29, 1.82) is 0 Å². The van der Waals surface area contributed by atoms with Crippen LogP contribution >= 0.6 is 0 Å². The van der Waals surface area contributed by atoms with Crippen LogP contribution in [0.2, 0.25) is 0 Å². The number of carbonyl (C=O) groups is 1. The van der Waals surface area contributed by atoms with E-state index in [0.717, 1.165) is 6.42 Å². The summed E-state index contributed by atoms with van der Waals surface area (Å²) < 4.78 is 0. The van der Waals surface area contributed by atoms with Gasteiger partial charge in [-0.15, -0.1) is 0 Å². The van der Waals surface area contributed by atoms with Gasteiger partial charge in [-0.05, 0) is 33.1 Å². The summed E-state index contributed by atoms with van der Waals surface area (Å²) in [5, 5.41) is 14.3. The summed E-state index contributed by atoms with van der Waals surface area (Å²) >= 11 is 0. The van der Waals surface area contributed by atoms with Crippen molar-refractivity contribution in [2.45, 2.75) is 58.7 Å². The van der Waals surface area contributed by atoms with Gasteiger partial charge in [0.1, 0.15) is 0 Å². The van der Waals surface area contributed by atoms with Crippen molar-refractivity contribution in [3.8, 4) is 0 Å². The summed E-state index contributed by atoms with van der Waals surface area (Å²) in [5.74, 6) is 0.258. The van der Waals surface area contributed by atoms with Gasteiger partial charge in [0.2, 0.25) is 5.91 Å². The van der Waals surface area contributed by atoms with Crippen LogP contribution in [-0.2, 0) is 4.79 Å². The number of rotatable bonds is 1. The molecule has 0 aromatic heterocycles. The fourth-order valence-corrected chi connectivity index (χ4v) is 2.37. The van der Waals surface area contributed by atoms with Crippen LogP contribution in [0.5, 0.6) is 0 Å². The van der Waals surface area contributed by atoms with Gasteiger partial charge < -0.3 is 10.5 Å². The summed E-state index contributed by atoms with van der Waals surface area (Å²) in [4.78, 5) is 11.1. The van der Waals surface area contributed by atoms with E-state index >= 15 is 0 Å². The number of piperidine rings is 1. The highest BCUT2D eigenvalue weighted by Gasteiger charge is 2.43. The molecule has 0 aliphatic carbocycles. The van der Waals surface area contributed by atoms with Crippen LogP contribution in [-0.4, -0.2) is 33.8 Å². The van der Waals surface area contributed by atoms with Gasteiger partial charge in [0.25, 0.3) is 0 Å². The standard InChI is InChI=1S/C11H22N2O2/c1-7-8(2)13(15)11(4,5)6-10(7)12-9(3)14/h7-8,10,15H,6H2,1-5H3,(H,12,14). The highest BCUT2D eigenvalue weighted by atomic mass is 16.5. The van der Waals surface area contributed by atoms with Crippen LogP contribution in [0.25, 0.3) is 0 Å². The van der Waals surface area contributed by atoms with E-state index in [-0.39, 0.29) is 29.4 Å². The molecule has 0 bridgehead atoms. The minimum absolute atomic E-state index is 0.00115. The Bertz CT molecular complexity index is 253. The van der Waals surface area contributed by atoms with E-state index in [0.29, 0.717) is 0 Å². The topological polar surface area (TPSA) is 52.6 Å². The Labute approximate surface area is 91.6 Å². The molecule has 0 aromatic rings. The minimum atomic E-state index is -0.279. The van der Waals surface area contributed by atoms with Crippen LogP contribution in [0.15, 0.2) is 0 Å². The van der Waals surface area contributed by atoms with Crippen LogP contribution in [0.4, 0.5) is 0 Å². The first-order chi connectivity index (χ1) is 6.75. The highest BCUT2D eigenvalue weighted by Crippen LogP contribution is 2.33. The zero-order valence-corrected chi connectivity index (χ0v) is 10.2. The lowest BCUT2D eigenvalue weighted by Crippen LogP contribution is -2.61. The second-order valence-corrected chi connectivity index (χ2v) is 5.27. The summed E-state index contributed by atoms with van der Waals surface area (Å²) in [6.45, 7) is 9.56. The number of hydrogen-bond acceptors (Lipinski definition) is 3. The highest BCUT2D eigenvalue weighted by molar-refractivity contribution is 5.73. The Morgan fingerprint density at radius 3 is 2.47 bits per heavy atom. The van der Waals surface area contributed by atoms with Crippen molar-refractivity contribution in [3.05, 3.63) is 0 Å². The van der Waals surface area contributed by atoms with Crippen LogP contribution in [0.3, 0.4) is 0 Å². The lowest BCUT2D eigenvalue weighted by molar-refractivity contribution is -0.224. The molecule has 0 spiro atoms. The summed E-state index contributed by atoms with van der Waals surface area (Å²) in [5.41, 5.74) is -0.279. The number of carbonyl (C=O) groups excluding carboxylic acids is 1. The van der Waals surface area contributed by atoms with Gasteiger partial charge in [-0.2, -0.15) is 5.06 Å². The first-order valence-electron chi connectivity index (χ1n) is 5.51. The molecule has 1 heterocycles. The SMILES string of the molecule is CC(=O)NC1CC(C)(C)N(O)C(C)C1C. The van der Waals surface area contributed by atoms with Crippen molar-refractivity contribution in [3.63, 3.8) is 0 Å². The molecule has 4 heteroatoms. The van der Waals surface area contributed by atoms with Crippen LogP contribution < -0.4 is 5.32 Å². The fraction of sp³-hybridized carbons (Fsp3) is 0.909. The van der Waals surface area contributed by atoms with Crippen molar-refractivity contribution in [2.75, 3.05) is 0 Å². The van der Waals surface area contributed by atoms with Gasteiger partial charge in [0, 0.05) is 24.5 Å². The third kappa shape index (κ3) is 2.49. The molecule has 0 radical (unpaired) electrons. The first-order valence-corrected chi connectivity index (χ1v) is 5.51. The Hall–Kier alpha value is -0.610. The second kappa shape index (κ2) is 4.10. The molecule has 1 aliphatic rings. The predicted octanol–water partition coefficient (Wildman–Crippen LogP) is 1.39. The molecule has 1 aliphatic heterocycles. The summed E-state index contributed by atoms with van der Waals surface area (Å²) in [6, 6.07) is 0.210. The van der Waals surface area contributed by atoms with Crippen LogP contribution in [0, 0.1) is 5.92 Å². The molecule has 3 atom stereocenters. The molecule has 4 nitrogen and oxygen atoms in total. The Balaban J connectivity index is 2.79. The lowest BCUT2D eigenvalue weighted by atomic mass is 9.79. The van der Waals surface area contributed by atoms with E-state index in [1.807, 2.05) is 20.8 Å². The van der Waals surface area contributed by atoms with Gasteiger partial charge >= 0.3 is 0 Å². The summed E-state index contributed by atoms with van der Waals surface area (Å²) in [6.07, 6.45) is 0.772.